The summed E-state index contributed by atoms with van der Waals surface area (Å²) in [5, 5.41) is 20.1. The van der Waals surface area contributed by atoms with Crippen molar-refractivity contribution in [3.05, 3.63) is 63.2 Å². The molecule has 5 nitrogen and oxygen atoms in total. The van der Waals surface area contributed by atoms with Gasteiger partial charge in [-0.2, -0.15) is 0 Å². The summed E-state index contributed by atoms with van der Waals surface area (Å²) in [7, 11) is 0. The lowest BCUT2D eigenvalue weighted by Crippen LogP contribution is -1.99. The Labute approximate surface area is 125 Å². The molecule has 0 aromatic heterocycles. The maximum atomic E-state index is 11.1. The van der Waals surface area contributed by atoms with Gasteiger partial charge in [0.15, 0.2) is 0 Å². The summed E-state index contributed by atoms with van der Waals surface area (Å²) in [6, 6.07) is 9.83. The fourth-order valence-electron chi connectivity index (χ4n) is 1.82. The molecule has 0 heterocycles. The summed E-state index contributed by atoms with van der Waals surface area (Å²) in [4.78, 5) is 22.8. The van der Waals surface area contributed by atoms with E-state index in [1.165, 1.54) is 23.9 Å². The molecule has 0 aliphatic heterocycles. The van der Waals surface area contributed by atoms with Gasteiger partial charge in [0.25, 0.3) is 5.69 Å². The normalized spacial score (nSPS) is 10.4. The van der Waals surface area contributed by atoms with Gasteiger partial charge in [0, 0.05) is 11.0 Å². The van der Waals surface area contributed by atoms with E-state index in [1.807, 2.05) is 32.0 Å². The predicted molar refractivity (Wildman–Crippen MR) is 80.1 cm³/mol. The van der Waals surface area contributed by atoms with Crippen LogP contribution in [0.25, 0.3) is 0 Å². The number of rotatable bonds is 4. The summed E-state index contributed by atoms with van der Waals surface area (Å²) >= 11 is 1.27. The van der Waals surface area contributed by atoms with Crippen LogP contribution in [0.4, 0.5) is 5.69 Å². The second-order valence-corrected chi connectivity index (χ2v) is 5.70. The van der Waals surface area contributed by atoms with E-state index in [9.17, 15) is 14.9 Å². The van der Waals surface area contributed by atoms with Gasteiger partial charge in [0.1, 0.15) is 0 Å². The number of carboxylic acid groups (broad SMARTS) is 1. The van der Waals surface area contributed by atoms with Gasteiger partial charge in [-0.15, -0.1) is 0 Å². The third-order valence-electron chi connectivity index (χ3n) is 2.97. The molecule has 0 spiro atoms. The molecule has 0 unspecified atom stereocenters. The Morgan fingerprint density at radius 3 is 2.48 bits per heavy atom. The first-order chi connectivity index (χ1) is 9.88. The molecule has 1 N–H and O–H groups in total. The zero-order valence-electron chi connectivity index (χ0n) is 11.5. The van der Waals surface area contributed by atoms with Crippen LogP contribution in [0.15, 0.2) is 46.2 Å². The first-order valence-corrected chi connectivity index (χ1v) is 6.97. The van der Waals surface area contributed by atoms with Crippen molar-refractivity contribution in [2.45, 2.75) is 23.6 Å². The molecule has 21 heavy (non-hydrogen) atoms. The Kier molecular flexibility index (Phi) is 4.28. The average Bonchev–Trinajstić information content (AvgIpc) is 2.42. The summed E-state index contributed by atoms with van der Waals surface area (Å²) in [6.07, 6.45) is 0. The van der Waals surface area contributed by atoms with Crippen LogP contribution in [0, 0.1) is 24.0 Å². The Balaban J connectivity index is 2.46. The van der Waals surface area contributed by atoms with Crippen LogP contribution in [-0.4, -0.2) is 16.0 Å². The average molecular weight is 303 g/mol. The molecule has 6 heteroatoms. The van der Waals surface area contributed by atoms with Crippen LogP contribution in [0.1, 0.15) is 21.5 Å². The van der Waals surface area contributed by atoms with E-state index in [0.29, 0.717) is 4.90 Å². The first-order valence-electron chi connectivity index (χ1n) is 6.15. The van der Waals surface area contributed by atoms with Crippen LogP contribution in [0.2, 0.25) is 0 Å². The maximum Gasteiger partial charge on any atom is 0.335 e. The smallest absolute Gasteiger partial charge is 0.335 e. The molecule has 108 valence electrons. The highest BCUT2D eigenvalue weighted by molar-refractivity contribution is 7.99. The van der Waals surface area contributed by atoms with E-state index < -0.39 is 10.9 Å². The first kappa shape index (κ1) is 15.1. The van der Waals surface area contributed by atoms with Gasteiger partial charge < -0.3 is 5.11 Å². The molecule has 2 rings (SSSR count). The third-order valence-corrected chi connectivity index (χ3v) is 4.19. The van der Waals surface area contributed by atoms with E-state index in [0.717, 1.165) is 22.1 Å². The Morgan fingerprint density at radius 1 is 1.14 bits per heavy atom. The molecule has 2 aromatic carbocycles. The van der Waals surface area contributed by atoms with Crippen molar-refractivity contribution >= 4 is 23.4 Å². The molecule has 0 atom stereocenters. The second kappa shape index (κ2) is 5.97. The highest BCUT2D eigenvalue weighted by Gasteiger charge is 2.18. The lowest BCUT2D eigenvalue weighted by molar-refractivity contribution is -0.387. The number of hydrogen-bond acceptors (Lipinski definition) is 4. The Bertz CT molecular complexity index is 728. The van der Waals surface area contributed by atoms with Crippen molar-refractivity contribution in [1.82, 2.24) is 0 Å². The number of benzene rings is 2. The van der Waals surface area contributed by atoms with E-state index in [-0.39, 0.29) is 11.3 Å². The van der Waals surface area contributed by atoms with Crippen LogP contribution < -0.4 is 0 Å². The van der Waals surface area contributed by atoms with Crippen LogP contribution in [0.5, 0.6) is 0 Å². The second-order valence-electron chi connectivity index (χ2n) is 4.62. The number of carbonyl (C=O) groups is 1. The summed E-state index contributed by atoms with van der Waals surface area (Å²) in [5.41, 5.74) is 1.79. The maximum absolute atomic E-state index is 11.1. The third kappa shape index (κ3) is 3.41. The lowest BCUT2D eigenvalue weighted by atomic mass is 10.2. The summed E-state index contributed by atoms with van der Waals surface area (Å²) in [5.74, 6) is -1.18. The Morgan fingerprint density at radius 2 is 1.86 bits per heavy atom. The van der Waals surface area contributed by atoms with Gasteiger partial charge in [-0.3, -0.25) is 10.1 Å². The number of carboxylic acids is 1. The van der Waals surface area contributed by atoms with Crippen molar-refractivity contribution in [2.24, 2.45) is 0 Å². The SMILES string of the molecule is Cc1ccc(C)c(Sc2ccc(C(=O)O)cc2[N+](=O)[O-])c1. The van der Waals surface area contributed by atoms with Gasteiger partial charge >= 0.3 is 5.97 Å². The van der Waals surface area contributed by atoms with Crippen molar-refractivity contribution in [3.63, 3.8) is 0 Å². The molecule has 0 radical (unpaired) electrons. The summed E-state index contributed by atoms with van der Waals surface area (Å²) in [6.45, 7) is 3.88. The lowest BCUT2D eigenvalue weighted by Gasteiger charge is -2.08. The van der Waals surface area contributed by atoms with E-state index in [2.05, 4.69) is 0 Å². The van der Waals surface area contributed by atoms with Crippen molar-refractivity contribution < 1.29 is 14.8 Å². The highest BCUT2D eigenvalue weighted by atomic mass is 32.2. The van der Waals surface area contributed by atoms with Crippen LogP contribution in [-0.2, 0) is 0 Å². The number of aromatic carboxylic acids is 1. The molecular weight excluding hydrogens is 290 g/mol. The molecule has 0 aliphatic carbocycles. The minimum Gasteiger partial charge on any atom is -0.478 e. The van der Waals surface area contributed by atoms with E-state index in [4.69, 9.17) is 5.11 Å². The molecule has 0 fully saturated rings. The quantitative estimate of drug-likeness (QED) is 0.680. The fourth-order valence-corrected chi connectivity index (χ4v) is 2.90. The van der Waals surface area contributed by atoms with Gasteiger partial charge in [-0.05, 0) is 43.2 Å². The molecule has 0 bridgehead atoms. The Hall–Kier alpha value is -2.34. The molecule has 0 amide bonds. The summed E-state index contributed by atoms with van der Waals surface area (Å²) < 4.78 is 0. The van der Waals surface area contributed by atoms with E-state index in [1.54, 1.807) is 0 Å². The molecular formula is C15H13NO4S. The predicted octanol–water partition coefficient (Wildman–Crippen LogP) is 4.06. The largest absolute Gasteiger partial charge is 0.478 e. The minimum absolute atomic E-state index is 0.0907. The van der Waals surface area contributed by atoms with Gasteiger partial charge in [0.05, 0.1) is 15.4 Å². The van der Waals surface area contributed by atoms with Crippen molar-refractivity contribution in [1.29, 1.82) is 0 Å². The zero-order chi connectivity index (χ0) is 15.6. The van der Waals surface area contributed by atoms with Crippen LogP contribution in [0.3, 0.4) is 0 Å². The van der Waals surface area contributed by atoms with Gasteiger partial charge in [-0.25, -0.2) is 4.79 Å². The highest BCUT2D eigenvalue weighted by Crippen LogP contribution is 2.37. The zero-order valence-corrected chi connectivity index (χ0v) is 12.3. The van der Waals surface area contributed by atoms with Crippen molar-refractivity contribution in [3.8, 4) is 0 Å². The topological polar surface area (TPSA) is 80.4 Å². The number of aryl methyl sites for hydroxylation is 2. The fraction of sp³-hybridized carbons (Fsp3) is 0.133. The van der Waals surface area contributed by atoms with Gasteiger partial charge in [-0.1, -0.05) is 23.9 Å². The van der Waals surface area contributed by atoms with Gasteiger partial charge in [0.2, 0.25) is 0 Å². The molecule has 0 saturated carbocycles. The van der Waals surface area contributed by atoms with Crippen LogP contribution >= 0.6 is 11.8 Å². The number of hydrogen-bond donors (Lipinski definition) is 1. The number of nitrogens with zero attached hydrogens (tertiary/aromatic N) is 1. The molecule has 2 aromatic rings. The molecule has 0 aliphatic rings. The molecule has 0 saturated heterocycles. The van der Waals surface area contributed by atoms with E-state index >= 15 is 0 Å². The monoisotopic (exact) mass is 303 g/mol. The number of nitro groups is 1. The number of nitro benzene ring substituents is 1. The van der Waals surface area contributed by atoms with Crippen molar-refractivity contribution in [2.75, 3.05) is 0 Å². The minimum atomic E-state index is -1.18. The standard InChI is InChI=1S/C15H13NO4S/c1-9-3-4-10(2)14(7-9)21-13-6-5-11(15(17)18)8-12(13)16(19)20/h3-8H,1-2H3,(H,17,18).